The van der Waals surface area contributed by atoms with Gasteiger partial charge in [-0.25, -0.2) is 9.97 Å². The highest BCUT2D eigenvalue weighted by Gasteiger charge is 2.07. The average Bonchev–Trinajstić information content (AvgIpc) is 2.88. The monoisotopic (exact) mass is 256 g/mol. The lowest BCUT2D eigenvalue weighted by molar-refractivity contribution is 0.112. The van der Waals surface area contributed by atoms with Crippen molar-refractivity contribution < 1.29 is 9.53 Å². The van der Waals surface area contributed by atoms with Crippen molar-refractivity contribution in [2.45, 2.75) is 0 Å². The van der Waals surface area contributed by atoms with Crippen molar-refractivity contribution in [2.24, 2.45) is 0 Å². The molecule has 0 fully saturated rings. The van der Waals surface area contributed by atoms with Gasteiger partial charge in [-0.1, -0.05) is 12.1 Å². The summed E-state index contributed by atoms with van der Waals surface area (Å²) in [5.74, 6) is 1.09. The lowest BCUT2D eigenvalue weighted by atomic mass is 10.2. The van der Waals surface area contributed by atoms with E-state index in [2.05, 4.69) is 9.97 Å². The predicted octanol–water partition coefficient (Wildman–Crippen LogP) is 3.30. The summed E-state index contributed by atoms with van der Waals surface area (Å²) in [4.78, 5) is 19.8. The molecule has 2 heterocycles. The summed E-state index contributed by atoms with van der Waals surface area (Å²) < 4.78 is 5.69. The number of carbonyl (C=O) groups is 1. The molecule has 0 saturated heterocycles. The molecule has 0 N–H and O–H groups in total. The Morgan fingerprint density at radius 3 is 3.06 bits per heavy atom. The molecular weight excluding hydrogens is 248 g/mol. The molecule has 0 bridgehead atoms. The minimum atomic E-state index is 0.504. The summed E-state index contributed by atoms with van der Waals surface area (Å²) in [6.45, 7) is 0. The second-order valence-corrected chi connectivity index (χ2v) is 4.51. The molecule has 0 radical (unpaired) electrons. The Balaban J connectivity index is 2.00. The van der Waals surface area contributed by atoms with Crippen LogP contribution in [0, 0.1) is 0 Å². The molecule has 1 aromatic carbocycles. The summed E-state index contributed by atoms with van der Waals surface area (Å²) in [5, 5.41) is 2.81. The van der Waals surface area contributed by atoms with Crippen LogP contribution >= 0.6 is 11.3 Å². The number of ether oxygens (including phenoxy) is 1. The topological polar surface area (TPSA) is 52.1 Å². The number of fused-ring (bicyclic) bond motifs is 1. The first-order chi connectivity index (χ1) is 8.86. The lowest BCUT2D eigenvalue weighted by Gasteiger charge is -2.05. The Labute approximate surface area is 107 Å². The first-order valence-corrected chi connectivity index (χ1v) is 6.16. The summed E-state index contributed by atoms with van der Waals surface area (Å²) in [6, 6.07) is 8.87. The zero-order valence-electron chi connectivity index (χ0n) is 9.24. The number of aromatic nitrogens is 2. The lowest BCUT2D eigenvalue weighted by Crippen LogP contribution is -1.90. The fourth-order valence-electron chi connectivity index (χ4n) is 1.61. The van der Waals surface area contributed by atoms with Crippen LogP contribution in [0.2, 0.25) is 0 Å². The predicted molar refractivity (Wildman–Crippen MR) is 69.3 cm³/mol. The third kappa shape index (κ3) is 1.96. The first-order valence-electron chi connectivity index (χ1n) is 5.28. The van der Waals surface area contributed by atoms with E-state index in [9.17, 15) is 4.79 Å². The SMILES string of the molecule is O=Cc1cccc(Oc2ncnc3sccc23)c1. The number of carbonyl (C=O) groups excluding carboxylic acids is 1. The van der Waals surface area contributed by atoms with E-state index in [0.717, 1.165) is 16.5 Å². The summed E-state index contributed by atoms with van der Waals surface area (Å²) >= 11 is 1.53. The molecule has 18 heavy (non-hydrogen) atoms. The van der Waals surface area contributed by atoms with Gasteiger partial charge in [0.2, 0.25) is 5.88 Å². The molecule has 0 atom stereocenters. The molecule has 0 saturated carbocycles. The largest absolute Gasteiger partial charge is 0.438 e. The standard InChI is InChI=1S/C13H8N2O2S/c16-7-9-2-1-3-10(6-9)17-12-11-4-5-18-13(11)15-8-14-12/h1-8H. The molecule has 0 aliphatic heterocycles. The summed E-state index contributed by atoms with van der Waals surface area (Å²) in [5.41, 5.74) is 0.572. The van der Waals surface area contributed by atoms with E-state index in [-0.39, 0.29) is 0 Å². The van der Waals surface area contributed by atoms with E-state index >= 15 is 0 Å². The van der Waals surface area contributed by atoms with Gasteiger partial charge >= 0.3 is 0 Å². The Morgan fingerprint density at radius 1 is 1.22 bits per heavy atom. The molecule has 5 heteroatoms. The molecule has 0 amide bonds. The highest BCUT2D eigenvalue weighted by Crippen LogP contribution is 2.29. The number of aldehydes is 1. The van der Waals surface area contributed by atoms with Crippen LogP contribution in [0.5, 0.6) is 11.6 Å². The molecule has 0 aliphatic rings. The summed E-state index contributed by atoms with van der Waals surface area (Å²) in [6.07, 6.45) is 2.25. The smallest absolute Gasteiger partial charge is 0.231 e. The minimum absolute atomic E-state index is 0.504. The molecule has 3 rings (SSSR count). The van der Waals surface area contributed by atoms with Gasteiger partial charge < -0.3 is 4.74 Å². The van der Waals surface area contributed by atoms with Crippen LogP contribution in [0.25, 0.3) is 10.2 Å². The fraction of sp³-hybridized carbons (Fsp3) is 0. The number of thiophene rings is 1. The maximum Gasteiger partial charge on any atom is 0.231 e. The second-order valence-electron chi connectivity index (χ2n) is 3.61. The average molecular weight is 256 g/mol. The molecule has 88 valence electrons. The molecular formula is C13H8N2O2S. The van der Waals surface area contributed by atoms with Crippen molar-refractivity contribution in [2.75, 3.05) is 0 Å². The van der Waals surface area contributed by atoms with Gasteiger partial charge in [0.05, 0.1) is 5.39 Å². The number of nitrogens with zero attached hydrogens (tertiary/aromatic N) is 2. The van der Waals surface area contributed by atoms with Crippen molar-refractivity contribution in [1.29, 1.82) is 0 Å². The van der Waals surface area contributed by atoms with E-state index in [0.29, 0.717) is 17.2 Å². The van der Waals surface area contributed by atoms with E-state index in [1.807, 2.05) is 11.4 Å². The molecule has 0 unspecified atom stereocenters. The third-order valence-corrected chi connectivity index (χ3v) is 3.25. The number of benzene rings is 1. The first kappa shape index (κ1) is 10.9. The van der Waals surface area contributed by atoms with Gasteiger partial charge in [0.15, 0.2) is 0 Å². The molecule has 2 aromatic heterocycles. The Kier molecular flexibility index (Phi) is 2.74. The van der Waals surface area contributed by atoms with E-state index < -0.39 is 0 Å². The van der Waals surface area contributed by atoms with E-state index in [1.165, 1.54) is 17.7 Å². The zero-order chi connectivity index (χ0) is 12.4. The van der Waals surface area contributed by atoms with Crippen LogP contribution < -0.4 is 4.74 Å². The van der Waals surface area contributed by atoms with Gasteiger partial charge in [-0.3, -0.25) is 4.79 Å². The number of hydrogen-bond donors (Lipinski definition) is 0. The highest BCUT2D eigenvalue weighted by atomic mass is 32.1. The van der Waals surface area contributed by atoms with Gasteiger partial charge in [-0.2, -0.15) is 0 Å². The van der Waals surface area contributed by atoms with Crippen LogP contribution in [0.15, 0.2) is 42.0 Å². The van der Waals surface area contributed by atoms with Crippen molar-refractivity contribution >= 4 is 27.8 Å². The van der Waals surface area contributed by atoms with Gasteiger partial charge in [0.1, 0.15) is 23.2 Å². The molecule has 3 aromatic rings. The van der Waals surface area contributed by atoms with Crippen LogP contribution in [0.4, 0.5) is 0 Å². The van der Waals surface area contributed by atoms with Crippen molar-refractivity contribution in [3.05, 3.63) is 47.6 Å². The normalized spacial score (nSPS) is 10.4. The maximum absolute atomic E-state index is 10.7. The molecule has 0 aliphatic carbocycles. The number of hydrogen-bond acceptors (Lipinski definition) is 5. The Morgan fingerprint density at radius 2 is 2.17 bits per heavy atom. The van der Waals surface area contributed by atoms with Crippen LogP contribution in [-0.2, 0) is 0 Å². The maximum atomic E-state index is 10.7. The zero-order valence-corrected chi connectivity index (χ0v) is 10.1. The van der Waals surface area contributed by atoms with Gasteiger partial charge in [0.25, 0.3) is 0 Å². The van der Waals surface area contributed by atoms with Gasteiger partial charge in [-0.05, 0) is 23.6 Å². The van der Waals surface area contributed by atoms with Crippen molar-refractivity contribution in [1.82, 2.24) is 9.97 Å². The van der Waals surface area contributed by atoms with E-state index in [4.69, 9.17) is 4.74 Å². The minimum Gasteiger partial charge on any atom is -0.438 e. The third-order valence-electron chi connectivity index (χ3n) is 2.43. The second kappa shape index (κ2) is 4.54. The molecule has 4 nitrogen and oxygen atoms in total. The van der Waals surface area contributed by atoms with Crippen LogP contribution in [0.3, 0.4) is 0 Å². The van der Waals surface area contributed by atoms with Crippen molar-refractivity contribution in [3.63, 3.8) is 0 Å². The summed E-state index contributed by atoms with van der Waals surface area (Å²) in [7, 11) is 0. The quantitative estimate of drug-likeness (QED) is 0.675. The van der Waals surface area contributed by atoms with Crippen LogP contribution in [-0.4, -0.2) is 16.3 Å². The van der Waals surface area contributed by atoms with Gasteiger partial charge in [0, 0.05) is 5.56 Å². The van der Waals surface area contributed by atoms with Gasteiger partial charge in [-0.15, -0.1) is 11.3 Å². The Hall–Kier alpha value is -2.27. The number of rotatable bonds is 3. The fourth-order valence-corrected chi connectivity index (χ4v) is 2.33. The van der Waals surface area contributed by atoms with E-state index in [1.54, 1.807) is 24.3 Å². The molecule has 0 spiro atoms. The highest BCUT2D eigenvalue weighted by molar-refractivity contribution is 7.16. The van der Waals surface area contributed by atoms with Crippen molar-refractivity contribution in [3.8, 4) is 11.6 Å². The van der Waals surface area contributed by atoms with Crippen LogP contribution in [0.1, 0.15) is 10.4 Å². The Bertz CT molecular complexity index is 709.